The van der Waals surface area contributed by atoms with Gasteiger partial charge in [-0.25, -0.2) is 4.99 Å². The molecule has 0 N–H and O–H groups in total. The second-order valence-electron chi connectivity index (χ2n) is 5.79. The van der Waals surface area contributed by atoms with E-state index in [2.05, 4.69) is 38.1 Å². The molecule has 0 spiro atoms. The predicted octanol–water partition coefficient (Wildman–Crippen LogP) is 5.75. The van der Waals surface area contributed by atoms with Gasteiger partial charge in [-0.1, -0.05) is 35.9 Å². The van der Waals surface area contributed by atoms with Crippen LogP contribution in [-0.2, 0) is 6.42 Å². The lowest BCUT2D eigenvalue weighted by Crippen LogP contribution is -2.14. The standard InChI is InChI=1S/C20H27ClN2/c1-6-23(5)15-22-13-7-8-17(4)20-14-19(21)12-11-18(20)10-9-16(2)3/h7,11-15H,2,4,6,8-10H2,1,3,5H3/b13-7+,22-15?. The molecule has 0 aliphatic carbocycles. The normalized spacial score (nSPS) is 11.3. The molecule has 1 rings (SSSR count). The molecule has 3 heteroatoms. The Morgan fingerprint density at radius 3 is 2.74 bits per heavy atom. The zero-order valence-corrected chi connectivity index (χ0v) is 15.2. The van der Waals surface area contributed by atoms with Gasteiger partial charge in [-0.2, -0.15) is 0 Å². The molecule has 23 heavy (non-hydrogen) atoms. The molecule has 0 radical (unpaired) electrons. The highest BCUT2D eigenvalue weighted by atomic mass is 35.5. The highest BCUT2D eigenvalue weighted by Gasteiger charge is 2.06. The van der Waals surface area contributed by atoms with E-state index in [4.69, 9.17) is 11.6 Å². The number of halogens is 1. The molecular weight excluding hydrogens is 304 g/mol. The molecule has 0 aliphatic heterocycles. The van der Waals surface area contributed by atoms with E-state index in [0.29, 0.717) is 0 Å². The minimum absolute atomic E-state index is 0.742. The number of aryl methyl sites for hydroxylation is 1. The first-order chi connectivity index (χ1) is 10.9. The van der Waals surface area contributed by atoms with Gasteiger partial charge in [0.15, 0.2) is 0 Å². The SMILES string of the molecule is C=C(C)CCc1ccc(Cl)cc1C(=C)C/C=C/N=CN(C)CC. The van der Waals surface area contributed by atoms with Crippen LogP contribution in [0.15, 0.2) is 54.2 Å². The van der Waals surface area contributed by atoms with Gasteiger partial charge < -0.3 is 4.90 Å². The van der Waals surface area contributed by atoms with Crippen molar-refractivity contribution in [2.24, 2.45) is 4.99 Å². The average molecular weight is 331 g/mol. The Bertz CT molecular complexity index is 600. The third kappa shape index (κ3) is 7.34. The zero-order valence-electron chi connectivity index (χ0n) is 14.5. The molecule has 1 aromatic rings. The van der Waals surface area contributed by atoms with Gasteiger partial charge in [-0.15, -0.1) is 6.58 Å². The lowest BCUT2D eigenvalue weighted by molar-refractivity contribution is 0.552. The highest BCUT2D eigenvalue weighted by molar-refractivity contribution is 6.30. The van der Waals surface area contributed by atoms with Crippen molar-refractivity contribution in [3.05, 3.63) is 65.4 Å². The number of hydrogen-bond acceptors (Lipinski definition) is 1. The topological polar surface area (TPSA) is 15.6 Å². The number of aliphatic imine (C=N–C) groups is 1. The van der Waals surface area contributed by atoms with E-state index < -0.39 is 0 Å². The molecule has 1 aromatic carbocycles. The lowest BCUT2D eigenvalue weighted by atomic mass is 9.95. The largest absolute Gasteiger partial charge is 0.366 e. The molecule has 0 bridgehead atoms. The molecule has 2 nitrogen and oxygen atoms in total. The number of allylic oxidation sites excluding steroid dienone is 3. The summed E-state index contributed by atoms with van der Waals surface area (Å²) in [6.07, 6.45) is 8.35. The van der Waals surface area contributed by atoms with Crippen LogP contribution in [0.1, 0.15) is 37.8 Å². The summed E-state index contributed by atoms with van der Waals surface area (Å²) in [4.78, 5) is 6.27. The molecule has 0 saturated carbocycles. The summed E-state index contributed by atoms with van der Waals surface area (Å²) in [5.74, 6) is 0. The second-order valence-corrected chi connectivity index (χ2v) is 6.23. The van der Waals surface area contributed by atoms with Crippen LogP contribution in [0.4, 0.5) is 0 Å². The number of hydrogen-bond donors (Lipinski definition) is 0. The van der Waals surface area contributed by atoms with Gasteiger partial charge in [0.25, 0.3) is 0 Å². The van der Waals surface area contributed by atoms with E-state index in [1.54, 1.807) is 0 Å². The molecule has 0 unspecified atom stereocenters. The van der Waals surface area contributed by atoms with Crippen LogP contribution in [0, 0.1) is 0 Å². The van der Waals surface area contributed by atoms with Crippen molar-refractivity contribution in [2.45, 2.75) is 33.1 Å². The third-order valence-corrected chi connectivity index (χ3v) is 3.83. The molecule has 0 heterocycles. The molecule has 0 atom stereocenters. The van der Waals surface area contributed by atoms with Gasteiger partial charge in [0, 0.05) is 24.8 Å². The van der Waals surface area contributed by atoms with Crippen LogP contribution in [0.25, 0.3) is 5.57 Å². The molecular formula is C20H27ClN2. The lowest BCUT2D eigenvalue weighted by Gasteiger charge is -2.12. The van der Waals surface area contributed by atoms with Gasteiger partial charge in [0.2, 0.25) is 0 Å². The van der Waals surface area contributed by atoms with Crippen molar-refractivity contribution in [2.75, 3.05) is 13.6 Å². The van der Waals surface area contributed by atoms with E-state index >= 15 is 0 Å². The first-order valence-corrected chi connectivity index (χ1v) is 8.31. The minimum atomic E-state index is 0.742. The second kappa shape index (κ2) is 10.1. The van der Waals surface area contributed by atoms with Crippen molar-refractivity contribution in [3.8, 4) is 0 Å². The van der Waals surface area contributed by atoms with Gasteiger partial charge in [0.05, 0.1) is 6.34 Å². The highest BCUT2D eigenvalue weighted by Crippen LogP contribution is 2.26. The summed E-state index contributed by atoms with van der Waals surface area (Å²) < 4.78 is 0. The summed E-state index contributed by atoms with van der Waals surface area (Å²) in [6.45, 7) is 13.3. The van der Waals surface area contributed by atoms with Crippen LogP contribution >= 0.6 is 11.6 Å². The molecule has 0 amide bonds. The van der Waals surface area contributed by atoms with Gasteiger partial charge in [-0.05, 0) is 61.9 Å². The van der Waals surface area contributed by atoms with E-state index in [-0.39, 0.29) is 0 Å². The maximum absolute atomic E-state index is 6.15. The molecule has 0 saturated heterocycles. The Labute approximate surface area is 145 Å². The van der Waals surface area contributed by atoms with Gasteiger partial charge >= 0.3 is 0 Å². The molecule has 0 aliphatic rings. The fourth-order valence-corrected chi connectivity index (χ4v) is 2.22. The van der Waals surface area contributed by atoms with Crippen molar-refractivity contribution >= 4 is 23.5 Å². The Morgan fingerprint density at radius 1 is 1.35 bits per heavy atom. The van der Waals surface area contributed by atoms with Crippen LogP contribution < -0.4 is 0 Å². The van der Waals surface area contributed by atoms with Crippen LogP contribution in [0.3, 0.4) is 0 Å². The summed E-state index contributed by atoms with van der Waals surface area (Å²) in [5, 5.41) is 0.742. The van der Waals surface area contributed by atoms with Crippen molar-refractivity contribution in [3.63, 3.8) is 0 Å². The van der Waals surface area contributed by atoms with E-state index in [1.165, 1.54) is 11.1 Å². The molecule has 124 valence electrons. The van der Waals surface area contributed by atoms with E-state index in [1.807, 2.05) is 42.7 Å². The quantitative estimate of drug-likeness (QED) is 0.320. The third-order valence-electron chi connectivity index (χ3n) is 3.59. The maximum Gasteiger partial charge on any atom is 0.0902 e. The van der Waals surface area contributed by atoms with E-state index in [9.17, 15) is 0 Å². The average Bonchev–Trinajstić information content (AvgIpc) is 2.52. The Kier molecular flexibility index (Phi) is 8.42. The fraction of sp³-hybridized carbons (Fsp3) is 0.350. The van der Waals surface area contributed by atoms with Crippen molar-refractivity contribution < 1.29 is 0 Å². The molecule has 0 fully saturated rings. The first kappa shape index (κ1) is 19.2. The summed E-state index contributed by atoms with van der Waals surface area (Å²) >= 11 is 6.15. The Balaban J connectivity index is 2.74. The number of nitrogens with zero attached hydrogens (tertiary/aromatic N) is 2. The fourth-order valence-electron chi connectivity index (χ4n) is 2.04. The number of benzene rings is 1. The van der Waals surface area contributed by atoms with Gasteiger partial charge in [0.1, 0.15) is 0 Å². The monoisotopic (exact) mass is 330 g/mol. The Morgan fingerprint density at radius 2 is 2.09 bits per heavy atom. The minimum Gasteiger partial charge on any atom is -0.366 e. The Hall–Kier alpha value is -1.80. The van der Waals surface area contributed by atoms with Crippen LogP contribution in [0.5, 0.6) is 0 Å². The summed E-state index contributed by atoms with van der Waals surface area (Å²) in [5.41, 5.74) is 4.65. The van der Waals surface area contributed by atoms with Crippen LogP contribution in [-0.4, -0.2) is 24.8 Å². The van der Waals surface area contributed by atoms with Crippen molar-refractivity contribution in [1.82, 2.24) is 4.90 Å². The first-order valence-electron chi connectivity index (χ1n) is 7.93. The smallest absolute Gasteiger partial charge is 0.0902 e. The number of rotatable bonds is 9. The summed E-state index contributed by atoms with van der Waals surface area (Å²) in [7, 11) is 2.00. The molecule has 0 aromatic heterocycles. The summed E-state index contributed by atoms with van der Waals surface area (Å²) in [6, 6.07) is 6.02. The van der Waals surface area contributed by atoms with Gasteiger partial charge in [-0.3, -0.25) is 0 Å². The van der Waals surface area contributed by atoms with Crippen molar-refractivity contribution in [1.29, 1.82) is 0 Å². The van der Waals surface area contributed by atoms with Crippen LogP contribution in [0.2, 0.25) is 5.02 Å². The predicted molar refractivity (Wildman–Crippen MR) is 104 cm³/mol. The van der Waals surface area contributed by atoms with E-state index in [0.717, 1.165) is 42.0 Å². The zero-order chi connectivity index (χ0) is 17.2. The maximum atomic E-state index is 6.15.